The molecule has 0 aliphatic heterocycles. The van der Waals surface area contributed by atoms with Crippen LogP contribution < -0.4 is 11.3 Å². The minimum absolute atomic E-state index is 0.222. The van der Waals surface area contributed by atoms with E-state index in [9.17, 15) is 4.79 Å². The molecule has 21 heavy (non-hydrogen) atoms. The Balaban J connectivity index is 2.37. The molecule has 112 valence electrons. The number of hydrogen-bond donors (Lipinski definition) is 2. The second kappa shape index (κ2) is 6.22. The molecule has 1 heterocycles. The first kappa shape index (κ1) is 15.4. The van der Waals surface area contributed by atoms with Crippen molar-refractivity contribution in [3.8, 4) is 0 Å². The first-order valence-corrected chi connectivity index (χ1v) is 7.35. The summed E-state index contributed by atoms with van der Waals surface area (Å²) in [6.07, 6.45) is 0. The molecule has 0 spiro atoms. The fraction of sp³-hybridized carbons (Fsp3) is 0.412. The van der Waals surface area contributed by atoms with Crippen molar-refractivity contribution in [1.29, 1.82) is 0 Å². The highest BCUT2D eigenvalue weighted by molar-refractivity contribution is 5.33. The zero-order valence-electron chi connectivity index (χ0n) is 13.1. The van der Waals surface area contributed by atoms with E-state index in [1.165, 1.54) is 5.56 Å². The van der Waals surface area contributed by atoms with Crippen molar-refractivity contribution in [1.82, 2.24) is 10.2 Å². The van der Waals surface area contributed by atoms with E-state index in [1.54, 1.807) is 0 Å². The Bertz CT molecular complexity index is 656. The van der Waals surface area contributed by atoms with Gasteiger partial charge in [-0.2, -0.15) is 5.10 Å². The SMILES string of the molecule is CC(C)c1ccc(C(N)c2cc(C(C)C)n[nH]c2=O)cc1. The van der Waals surface area contributed by atoms with Crippen molar-refractivity contribution in [2.75, 3.05) is 0 Å². The molecule has 0 aliphatic carbocycles. The lowest BCUT2D eigenvalue weighted by Gasteiger charge is -2.14. The van der Waals surface area contributed by atoms with Crippen LogP contribution in [-0.2, 0) is 0 Å². The van der Waals surface area contributed by atoms with Crippen molar-refractivity contribution in [2.45, 2.75) is 45.6 Å². The highest BCUT2D eigenvalue weighted by Crippen LogP contribution is 2.21. The molecule has 1 aromatic heterocycles. The van der Waals surface area contributed by atoms with E-state index in [0.29, 0.717) is 11.5 Å². The highest BCUT2D eigenvalue weighted by atomic mass is 16.1. The highest BCUT2D eigenvalue weighted by Gasteiger charge is 2.15. The van der Waals surface area contributed by atoms with E-state index in [0.717, 1.165) is 11.3 Å². The fourth-order valence-electron chi connectivity index (χ4n) is 2.23. The average molecular weight is 285 g/mol. The third-order valence-corrected chi connectivity index (χ3v) is 3.74. The standard InChI is InChI=1S/C17H23N3O/c1-10(2)12-5-7-13(8-6-12)16(18)14-9-15(11(3)4)19-20-17(14)21/h5-11,16H,18H2,1-4H3,(H,20,21). The molecule has 1 unspecified atom stereocenters. The molecule has 2 rings (SSSR count). The fourth-order valence-corrected chi connectivity index (χ4v) is 2.23. The van der Waals surface area contributed by atoms with Crippen molar-refractivity contribution >= 4 is 0 Å². The van der Waals surface area contributed by atoms with Gasteiger partial charge in [-0.3, -0.25) is 4.79 Å². The van der Waals surface area contributed by atoms with Crippen molar-refractivity contribution < 1.29 is 0 Å². The summed E-state index contributed by atoms with van der Waals surface area (Å²) in [5, 5.41) is 6.60. The zero-order chi connectivity index (χ0) is 15.6. The summed E-state index contributed by atoms with van der Waals surface area (Å²) in [6, 6.07) is 9.50. The maximum absolute atomic E-state index is 12.0. The molecule has 3 N–H and O–H groups in total. The quantitative estimate of drug-likeness (QED) is 0.906. The van der Waals surface area contributed by atoms with Gasteiger partial charge in [0.25, 0.3) is 5.56 Å². The van der Waals surface area contributed by atoms with Gasteiger partial charge in [-0.1, -0.05) is 52.0 Å². The van der Waals surface area contributed by atoms with Crippen LogP contribution in [0.15, 0.2) is 35.1 Å². The maximum atomic E-state index is 12.0. The molecular weight excluding hydrogens is 262 g/mol. The third kappa shape index (κ3) is 3.39. The summed E-state index contributed by atoms with van der Waals surface area (Å²) in [4.78, 5) is 12.0. The summed E-state index contributed by atoms with van der Waals surface area (Å²) in [6.45, 7) is 8.37. The Morgan fingerprint density at radius 1 is 1.00 bits per heavy atom. The number of benzene rings is 1. The maximum Gasteiger partial charge on any atom is 0.269 e. The first-order valence-electron chi connectivity index (χ1n) is 7.35. The largest absolute Gasteiger partial charge is 0.320 e. The molecule has 4 nitrogen and oxygen atoms in total. The van der Waals surface area contributed by atoms with Gasteiger partial charge >= 0.3 is 0 Å². The van der Waals surface area contributed by atoms with Gasteiger partial charge in [0.1, 0.15) is 0 Å². The second-order valence-corrected chi connectivity index (χ2v) is 6.03. The lowest BCUT2D eigenvalue weighted by atomic mass is 9.95. The topological polar surface area (TPSA) is 71.8 Å². The lowest BCUT2D eigenvalue weighted by molar-refractivity contribution is 0.747. The van der Waals surface area contributed by atoms with E-state index in [2.05, 4.69) is 36.2 Å². The molecule has 1 aromatic carbocycles. The molecule has 4 heteroatoms. The lowest BCUT2D eigenvalue weighted by Crippen LogP contribution is -2.24. The summed E-state index contributed by atoms with van der Waals surface area (Å²) in [5.41, 5.74) is 9.65. The Hall–Kier alpha value is -1.94. The molecule has 0 bridgehead atoms. The third-order valence-electron chi connectivity index (χ3n) is 3.74. The Morgan fingerprint density at radius 3 is 2.10 bits per heavy atom. The molecule has 0 saturated heterocycles. The smallest absolute Gasteiger partial charge is 0.269 e. The second-order valence-electron chi connectivity index (χ2n) is 6.03. The molecule has 0 radical (unpaired) electrons. The minimum atomic E-state index is -0.435. The van der Waals surface area contributed by atoms with Gasteiger partial charge in [-0.15, -0.1) is 0 Å². The van der Waals surface area contributed by atoms with Crippen LogP contribution in [0.2, 0.25) is 0 Å². The number of aromatic amines is 1. The normalized spacial score (nSPS) is 12.9. The van der Waals surface area contributed by atoms with Crippen molar-refractivity contribution in [2.24, 2.45) is 5.73 Å². The summed E-state index contributed by atoms with van der Waals surface area (Å²) >= 11 is 0. The van der Waals surface area contributed by atoms with E-state index in [-0.39, 0.29) is 11.5 Å². The van der Waals surface area contributed by atoms with Gasteiger partial charge < -0.3 is 5.73 Å². The van der Waals surface area contributed by atoms with E-state index in [4.69, 9.17) is 5.73 Å². The molecule has 0 aliphatic rings. The Kier molecular flexibility index (Phi) is 4.58. The van der Waals surface area contributed by atoms with Gasteiger partial charge in [0.2, 0.25) is 0 Å². The van der Waals surface area contributed by atoms with Crippen LogP contribution in [0.25, 0.3) is 0 Å². The Labute approximate surface area is 125 Å². The first-order chi connectivity index (χ1) is 9.90. The van der Waals surface area contributed by atoms with Crippen LogP contribution in [-0.4, -0.2) is 10.2 Å². The number of nitrogens with zero attached hydrogens (tertiary/aromatic N) is 1. The van der Waals surface area contributed by atoms with E-state index in [1.807, 2.05) is 32.0 Å². The monoisotopic (exact) mass is 285 g/mol. The van der Waals surface area contributed by atoms with Crippen LogP contribution in [0.5, 0.6) is 0 Å². The summed E-state index contributed by atoms with van der Waals surface area (Å²) in [7, 11) is 0. The van der Waals surface area contributed by atoms with Crippen LogP contribution >= 0.6 is 0 Å². The predicted octanol–water partition coefficient (Wildman–Crippen LogP) is 3.06. The van der Waals surface area contributed by atoms with Gasteiger partial charge in [0.15, 0.2) is 0 Å². The molecule has 1 atom stereocenters. The van der Waals surface area contributed by atoms with E-state index < -0.39 is 6.04 Å². The number of nitrogens with two attached hydrogens (primary N) is 1. The molecule has 0 saturated carbocycles. The van der Waals surface area contributed by atoms with Gasteiger partial charge in [-0.05, 0) is 29.0 Å². The van der Waals surface area contributed by atoms with Crippen LogP contribution in [0.4, 0.5) is 0 Å². The molecule has 0 amide bonds. The minimum Gasteiger partial charge on any atom is -0.320 e. The number of aromatic nitrogens is 2. The van der Waals surface area contributed by atoms with Crippen LogP contribution in [0, 0.1) is 0 Å². The number of H-pyrrole nitrogens is 1. The predicted molar refractivity (Wildman–Crippen MR) is 85.5 cm³/mol. The average Bonchev–Trinajstić information content (AvgIpc) is 2.47. The summed E-state index contributed by atoms with van der Waals surface area (Å²) < 4.78 is 0. The van der Waals surface area contributed by atoms with Gasteiger partial charge in [0, 0.05) is 5.56 Å². The summed E-state index contributed by atoms with van der Waals surface area (Å²) in [5.74, 6) is 0.725. The van der Waals surface area contributed by atoms with Crippen LogP contribution in [0.1, 0.15) is 68.0 Å². The Morgan fingerprint density at radius 2 is 1.57 bits per heavy atom. The molecule has 2 aromatic rings. The van der Waals surface area contributed by atoms with Gasteiger partial charge in [-0.25, -0.2) is 5.10 Å². The van der Waals surface area contributed by atoms with Crippen molar-refractivity contribution in [3.05, 3.63) is 63.1 Å². The molecule has 0 fully saturated rings. The van der Waals surface area contributed by atoms with E-state index >= 15 is 0 Å². The zero-order valence-corrected chi connectivity index (χ0v) is 13.1. The molecular formula is C17H23N3O. The number of rotatable bonds is 4. The van der Waals surface area contributed by atoms with Crippen LogP contribution in [0.3, 0.4) is 0 Å². The number of hydrogen-bond acceptors (Lipinski definition) is 3. The van der Waals surface area contributed by atoms with Gasteiger partial charge in [0.05, 0.1) is 11.7 Å². The van der Waals surface area contributed by atoms with Crippen molar-refractivity contribution in [3.63, 3.8) is 0 Å². The number of nitrogens with one attached hydrogen (secondary N) is 1.